The van der Waals surface area contributed by atoms with Gasteiger partial charge >= 0.3 is 5.69 Å². The Kier molecular flexibility index (Phi) is 6.57. The Morgan fingerprint density at radius 3 is 2.11 bits per heavy atom. The number of furan rings is 1. The fraction of sp³-hybridized carbons (Fsp3) is 0.192. The number of hydrogen-bond acceptors (Lipinski definition) is 8. The highest BCUT2D eigenvalue weighted by Gasteiger charge is 2.32. The highest BCUT2D eigenvalue weighted by Crippen LogP contribution is 2.36. The van der Waals surface area contributed by atoms with Gasteiger partial charge in [-0.15, -0.1) is 0 Å². The molecule has 0 atom stereocenters. The molecule has 0 unspecified atom stereocenters. The fourth-order valence-electron chi connectivity index (χ4n) is 4.34. The molecule has 2 aromatic carbocycles. The monoisotopic (exact) mass is 484 g/mol. The number of amides is 1. The molecular weight excluding hydrogens is 460 g/mol. The number of benzene rings is 2. The Labute approximate surface area is 207 Å². The van der Waals surface area contributed by atoms with Gasteiger partial charge in [0.2, 0.25) is 11.6 Å². The van der Waals surface area contributed by atoms with Crippen LogP contribution in [0.25, 0.3) is 0 Å². The fourth-order valence-corrected chi connectivity index (χ4v) is 4.34. The summed E-state index contributed by atoms with van der Waals surface area (Å²) in [5, 5.41) is 15.5. The number of carbonyl (C=O) groups is 1. The molecule has 4 aromatic rings. The third-order valence-corrected chi connectivity index (χ3v) is 6.13. The summed E-state index contributed by atoms with van der Waals surface area (Å²) in [4.78, 5) is 36.4. The van der Waals surface area contributed by atoms with E-state index in [0.717, 1.165) is 11.1 Å². The van der Waals surface area contributed by atoms with Crippen LogP contribution in [-0.4, -0.2) is 51.9 Å². The van der Waals surface area contributed by atoms with E-state index in [2.05, 4.69) is 15.3 Å². The van der Waals surface area contributed by atoms with Crippen molar-refractivity contribution in [2.75, 3.05) is 36.4 Å². The highest BCUT2D eigenvalue weighted by atomic mass is 16.6. The van der Waals surface area contributed by atoms with E-state index in [-0.39, 0.29) is 35.0 Å². The van der Waals surface area contributed by atoms with Crippen LogP contribution in [0.3, 0.4) is 0 Å². The molecule has 1 N–H and O–H groups in total. The second-order valence-electron chi connectivity index (χ2n) is 8.31. The summed E-state index contributed by atoms with van der Waals surface area (Å²) in [5.74, 6) is 0.433. The number of anilines is 2. The standard InChI is InChI=1S/C26H24N6O4/c33-26(21-12-7-17-36-21)31-15-13-30(14-16-31)25-23(32(34)35)24(27-18-28-25)29-22(19-8-3-1-4-9-19)20-10-5-2-6-11-20/h1-12,17-18,22H,13-16H2,(H,27,28,29). The number of carbonyl (C=O) groups excluding carboxylic acids is 1. The molecule has 1 aliphatic heterocycles. The first-order chi connectivity index (χ1) is 17.6. The Hall–Kier alpha value is -4.73. The largest absolute Gasteiger partial charge is 0.459 e. The first kappa shape index (κ1) is 23.0. The minimum Gasteiger partial charge on any atom is -0.459 e. The molecular formula is C26H24N6O4. The van der Waals surface area contributed by atoms with Crippen molar-refractivity contribution < 1.29 is 14.1 Å². The Morgan fingerprint density at radius 2 is 1.56 bits per heavy atom. The number of rotatable bonds is 7. The van der Waals surface area contributed by atoms with Crippen LogP contribution >= 0.6 is 0 Å². The summed E-state index contributed by atoms with van der Waals surface area (Å²) in [6, 6.07) is 22.4. The van der Waals surface area contributed by atoms with Crippen LogP contribution in [0.5, 0.6) is 0 Å². The number of aromatic nitrogens is 2. The van der Waals surface area contributed by atoms with Crippen LogP contribution in [0.4, 0.5) is 17.3 Å². The molecule has 3 heterocycles. The van der Waals surface area contributed by atoms with Gasteiger partial charge in [0.25, 0.3) is 5.91 Å². The molecule has 1 amide bonds. The van der Waals surface area contributed by atoms with Crippen molar-refractivity contribution in [2.45, 2.75) is 6.04 Å². The summed E-state index contributed by atoms with van der Waals surface area (Å²) < 4.78 is 5.21. The van der Waals surface area contributed by atoms with Crippen LogP contribution in [0.15, 0.2) is 89.8 Å². The SMILES string of the molecule is O=C(c1ccco1)N1CCN(c2ncnc(NC(c3ccccc3)c3ccccc3)c2[N+](=O)[O-])CC1. The Bertz CT molecular complexity index is 1280. The molecule has 2 aromatic heterocycles. The summed E-state index contributed by atoms with van der Waals surface area (Å²) in [6.45, 7) is 1.56. The Balaban J connectivity index is 1.42. The summed E-state index contributed by atoms with van der Waals surface area (Å²) >= 11 is 0. The maximum Gasteiger partial charge on any atom is 0.353 e. The van der Waals surface area contributed by atoms with Crippen molar-refractivity contribution in [3.63, 3.8) is 0 Å². The minimum atomic E-state index is -0.453. The first-order valence-electron chi connectivity index (χ1n) is 11.6. The Morgan fingerprint density at radius 1 is 0.917 bits per heavy atom. The van der Waals surface area contributed by atoms with E-state index in [0.29, 0.717) is 26.2 Å². The molecule has 0 bridgehead atoms. The predicted octanol–water partition coefficient (Wildman–Crippen LogP) is 4.14. The second kappa shape index (κ2) is 10.3. The molecule has 0 radical (unpaired) electrons. The van der Waals surface area contributed by atoms with Gasteiger partial charge in [0.15, 0.2) is 5.76 Å². The average molecular weight is 485 g/mol. The van der Waals surface area contributed by atoms with Gasteiger partial charge in [0.1, 0.15) is 6.33 Å². The molecule has 0 aliphatic carbocycles. The smallest absolute Gasteiger partial charge is 0.353 e. The number of nitrogens with zero attached hydrogens (tertiary/aromatic N) is 5. The van der Waals surface area contributed by atoms with Gasteiger partial charge in [-0.2, -0.15) is 0 Å². The lowest BCUT2D eigenvalue weighted by Crippen LogP contribution is -2.49. The maximum atomic E-state index is 12.6. The summed E-state index contributed by atoms with van der Waals surface area (Å²) in [6.07, 6.45) is 2.79. The highest BCUT2D eigenvalue weighted by molar-refractivity contribution is 5.91. The molecule has 5 rings (SSSR count). The summed E-state index contributed by atoms with van der Waals surface area (Å²) in [5.41, 5.74) is 1.70. The lowest BCUT2D eigenvalue weighted by atomic mass is 9.98. The van der Waals surface area contributed by atoms with E-state index in [4.69, 9.17) is 4.42 Å². The van der Waals surface area contributed by atoms with Crippen LogP contribution in [0, 0.1) is 10.1 Å². The molecule has 0 spiro atoms. The normalized spacial score (nSPS) is 13.6. The minimum absolute atomic E-state index is 0.136. The molecule has 1 aliphatic rings. The van der Waals surface area contributed by atoms with E-state index in [1.807, 2.05) is 65.6 Å². The van der Waals surface area contributed by atoms with Gasteiger partial charge < -0.3 is 19.5 Å². The topological polar surface area (TPSA) is 118 Å². The van der Waals surface area contributed by atoms with Crippen LogP contribution < -0.4 is 10.2 Å². The quantitative estimate of drug-likeness (QED) is 0.307. The van der Waals surface area contributed by atoms with Crippen LogP contribution in [0.1, 0.15) is 27.7 Å². The van der Waals surface area contributed by atoms with Gasteiger partial charge in [-0.1, -0.05) is 60.7 Å². The van der Waals surface area contributed by atoms with Crippen molar-refractivity contribution in [3.05, 3.63) is 112 Å². The lowest BCUT2D eigenvalue weighted by Gasteiger charge is -2.34. The number of nitro groups is 1. The van der Waals surface area contributed by atoms with Crippen molar-refractivity contribution in [3.8, 4) is 0 Å². The zero-order valence-electron chi connectivity index (χ0n) is 19.4. The van der Waals surface area contributed by atoms with Gasteiger partial charge in [-0.05, 0) is 23.3 Å². The molecule has 36 heavy (non-hydrogen) atoms. The first-order valence-corrected chi connectivity index (χ1v) is 11.6. The third kappa shape index (κ3) is 4.74. The summed E-state index contributed by atoms with van der Waals surface area (Å²) in [7, 11) is 0. The molecule has 10 heteroatoms. The molecule has 10 nitrogen and oxygen atoms in total. The predicted molar refractivity (Wildman–Crippen MR) is 134 cm³/mol. The van der Waals surface area contributed by atoms with Gasteiger partial charge in [0.05, 0.1) is 17.2 Å². The average Bonchev–Trinajstić information content (AvgIpc) is 3.47. The molecule has 0 saturated carbocycles. The maximum absolute atomic E-state index is 12.6. The zero-order chi connectivity index (χ0) is 24.9. The molecule has 182 valence electrons. The van der Waals surface area contributed by atoms with Crippen molar-refractivity contribution in [1.29, 1.82) is 0 Å². The number of nitrogens with one attached hydrogen (secondary N) is 1. The number of piperazine rings is 1. The third-order valence-electron chi connectivity index (χ3n) is 6.13. The second-order valence-corrected chi connectivity index (χ2v) is 8.31. The van der Waals surface area contributed by atoms with E-state index in [1.165, 1.54) is 12.6 Å². The van der Waals surface area contributed by atoms with E-state index in [9.17, 15) is 14.9 Å². The zero-order valence-corrected chi connectivity index (χ0v) is 19.4. The van der Waals surface area contributed by atoms with E-state index < -0.39 is 4.92 Å². The van der Waals surface area contributed by atoms with E-state index >= 15 is 0 Å². The van der Waals surface area contributed by atoms with Crippen LogP contribution in [0.2, 0.25) is 0 Å². The number of hydrogen-bond donors (Lipinski definition) is 1. The molecule has 1 saturated heterocycles. The van der Waals surface area contributed by atoms with E-state index in [1.54, 1.807) is 17.0 Å². The van der Waals surface area contributed by atoms with Crippen LogP contribution in [-0.2, 0) is 0 Å². The lowest BCUT2D eigenvalue weighted by molar-refractivity contribution is -0.383. The van der Waals surface area contributed by atoms with Gasteiger partial charge in [0, 0.05) is 26.2 Å². The van der Waals surface area contributed by atoms with Crippen molar-refractivity contribution in [1.82, 2.24) is 14.9 Å². The van der Waals surface area contributed by atoms with Gasteiger partial charge in [-0.3, -0.25) is 14.9 Å². The van der Waals surface area contributed by atoms with Crippen molar-refractivity contribution in [2.24, 2.45) is 0 Å². The van der Waals surface area contributed by atoms with Gasteiger partial charge in [-0.25, -0.2) is 9.97 Å². The molecule has 1 fully saturated rings. The van der Waals surface area contributed by atoms with Crippen molar-refractivity contribution >= 4 is 23.2 Å².